The normalized spacial score (nSPS) is 28.9. The maximum Gasteiger partial charge on any atom is 0.244 e. The average Bonchev–Trinajstić information content (AvgIpc) is 3.29. The number of nitrogens with zero attached hydrogens (tertiary/aromatic N) is 4. The first-order valence-corrected chi connectivity index (χ1v) is 8.92. The molecule has 4 rings (SSSR count). The van der Waals surface area contributed by atoms with Crippen LogP contribution in [0.15, 0.2) is 18.5 Å². The highest BCUT2D eigenvalue weighted by atomic mass is 16.5. The van der Waals surface area contributed by atoms with Gasteiger partial charge in [-0.15, -0.1) is 0 Å². The Kier molecular flexibility index (Phi) is 4.56. The number of amides is 1. The molecular formula is C17H26N4O3. The van der Waals surface area contributed by atoms with E-state index in [1.807, 2.05) is 17.2 Å². The molecule has 1 aliphatic carbocycles. The monoisotopic (exact) mass is 334 g/mol. The van der Waals surface area contributed by atoms with E-state index < -0.39 is 0 Å². The lowest BCUT2D eigenvalue weighted by Gasteiger charge is -2.43. The number of rotatable bonds is 4. The molecular weight excluding hydrogens is 308 g/mol. The number of hydrogen-bond acceptors (Lipinski definition) is 5. The largest absolute Gasteiger partial charge is 0.377 e. The molecule has 1 aromatic rings. The summed E-state index contributed by atoms with van der Waals surface area (Å²) in [5.41, 5.74) is -0.385. The van der Waals surface area contributed by atoms with Crippen molar-refractivity contribution < 1.29 is 14.3 Å². The van der Waals surface area contributed by atoms with Gasteiger partial charge in [0.2, 0.25) is 5.91 Å². The highest BCUT2D eigenvalue weighted by Gasteiger charge is 2.42. The van der Waals surface area contributed by atoms with Crippen molar-refractivity contribution in [2.45, 2.75) is 25.0 Å². The molecule has 0 radical (unpaired) electrons. The highest BCUT2D eigenvalue weighted by molar-refractivity contribution is 5.76. The van der Waals surface area contributed by atoms with Crippen LogP contribution in [0, 0.1) is 5.92 Å². The van der Waals surface area contributed by atoms with Crippen LogP contribution in [0.3, 0.4) is 0 Å². The summed E-state index contributed by atoms with van der Waals surface area (Å²) in [5, 5.41) is 4.13. The lowest BCUT2D eigenvalue weighted by molar-refractivity contribution is -0.162. The minimum atomic E-state index is -0.385. The fraction of sp³-hybridized carbons (Fsp3) is 0.765. The lowest BCUT2D eigenvalue weighted by Crippen LogP contribution is -2.60. The molecule has 0 N–H and O–H groups in total. The summed E-state index contributed by atoms with van der Waals surface area (Å²) in [6.45, 7) is 6.38. The van der Waals surface area contributed by atoms with Crippen LogP contribution in [0.5, 0.6) is 0 Å². The molecule has 7 nitrogen and oxygen atoms in total. The Hall–Kier alpha value is -1.44. The van der Waals surface area contributed by atoms with E-state index in [-0.39, 0.29) is 18.1 Å². The van der Waals surface area contributed by atoms with Crippen LogP contribution < -0.4 is 0 Å². The average molecular weight is 334 g/mol. The zero-order valence-electron chi connectivity index (χ0n) is 14.1. The topological polar surface area (TPSA) is 59.8 Å². The van der Waals surface area contributed by atoms with Gasteiger partial charge in [-0.1, -0.05) is 0 Å². The molecule has 3 heterocycles. The summed E-state index contributed by atoms with van der Waals surface area (Å²) in [6, 6.07) is 1.84. The van der Waals surface area contributed by atoms with Crippen molar-refractivity contribution in [1.82, 2.24) is 19.6 Å². The minimum Gasteiger partial charge on any atom is -0.377 e. The van der Waals surface area contributed by atoms with Gasteiger partial charge in [0.15, 0.2) is 0 Å². The molecule has 2 saturated heterocycles. The van der Waals surface area contributed by atoms with E-state index in [1.165, 1.54) is 12.8 Å². The maximum absolute atomic E-state index is 12.6. The van der Waals surface area contributed by atoms with Gasteiger partial charge in [0.25, 0.3) is 0 Å². The van der Waals surface area contributed by atoms with E-state index in [2.05, 4.69) is 10.00 Å². The molecule has 1 unspecified atom stereocenters. The molecule has 1 saturated carbocycles. The van der Waals surface area contributed by atoms with Crippen molar-refractivity contribution in [3.05, 3.63) is 18.5 Å². The van der Waals surface area contributed by atoms with Crippen molar-refractivity contribution in [1.29, 1.82) is 0 Å². The molecule has 132 valence electrons. The van der Waals surface area contributed by atoms with Crippen LogP contribution in [0.1, 0.15) is 12.8 Å². The first-order valence-electron chi connectivity index (χ1n) is 8.92. The van der Waals surface area contributed by atoms with Gasteiger partial charge in [-0.3, -0.25) is 14.4 Å². The van der Waals surface area contributed by atoms with Gasteiger partial charge in [-0.25, -0.2) is 0 Å². The second-order valence-corrected chi connectivity index (χ2v) is 7.28. The van der Waals surface area contributed by atoms with Crippen LogP contribution in [0.25, 0.3) is 0 Å². The van der Waals surface area contributed by atoms with Crippen LogP contribution in [0.4, 0.5) is 0 Å². The van der Waals surface area contributed by atoms with Gasteiger partial charge < -0.3 is 14.4 Å². The molecule has 1 spiro atoms. The standard InChI is InChI=1S/C17H26N4O3/c22-16(11-21-5-1-4-18-21)20-7-9-24-17(13-20)12-19(6-8-23-14-17)10-15-2-3-15/h1,4-5,15H,2-3,6-14H2. The number of ether oxygens (including phenoxy) is 2. The second-order valence-electron chi connectivity index (χ2n) is 7.28. The number of hydrogen-bond donors (Lipinski definition) is 0. The highest BCUT2D eigenvalue weighted by Crippen LogP contribution is 2.31. The molecule has 3 aliphatic rings. The number of morpholine rings is 1. The Morgan fingerprint density at radius 1 is 1.25 bits per heavy atom. The number of carbonyl (C=O) groups is 1. The first-order chi connectivity index (χ1) is 11.7. The van der Waals surface area contributed by atoms with Crippen molar-refractivity contribution in [3.63, 3.8) is 0 Å². The van der Waals surface area contributed by atoms with Crippen molar-refractivity contribution >= 4 is 5.91 Å². The van der Waals surface area contributed by atoms with Gasteiger partial charge in [-0.05, 0) is 24.8 Å². The van der Waals surface area contributed by atoms with E-state index in [0.717, 1.165) is 32.2 Å². The first kappa shape index (κ1) is 16.1. The summed E-state index contributed by atoms with van der Waals surface area (Å²) in [5.74, 6) is 0.945. The Labute approximate surface area is 142 Å². The third-order valence-corrected chi connectivity index (χ3v) is 5.10. The van der Waals surface area contributed by atoms with Crippen molar-refractivity contribution in [3.8, 4) is 0 Å². The molecule has 7 heteroatoms. The summed E-state index contributed by atoms with van der Waals surface area (Å²) in [4.78, 5) is 17.0. The summed E-state index contributed by atoms with van der Waals surface area (Å²) in [6.07, 6.45) is 6.21. The van der Waals surface area contributed by atoms with Crippen LogP contribution >= 0.6 is 0 Å². The smallest absolute Gasteiger partial charge is 0.244 e. The van der Waals surface area contributed by atoms with Crippen molar-refractivity contribution in [2.75, 3.05) is 52.5 Å². The fourth-order valence-corrected chi connectivity index (χ4v) is 3.68. The van der Waals surface area contributed by atoms with Crippen molar-refractivity contribution in [2.24, 2.45) is 5.92 Å². The quantitative estimate of drug-likeness (QED) is 0.788. The summed E-state index contributed by atoms with van der Waals surface area (Å²) >= 11 is 0. The van der Waals surface area contributed by atoms with E-state index in [9.17, 15) is 4.79 Å². The Morgan fingerprint density at radius 2 is 2.17 bits per heavy atom. The van der Waals surface area contributed by atoms with Gasteiger partial charge in [0.1, 0.15) is 12.1 Å². The summed E-state index contributed by atoms with van der Waals surface area (Å²) in [7, 11) is 0. The summed E-state index contributed by atoms with van der Waals surface area (Å²) < 4.78 is 13.7. The fourth-order valence-electron chi connectivity index (χ4n) is 3.68. The third kappa shape index (κ3) is 3.79. The van der Waals surface area contributed by atoms with Crippen LogP contribution in [-0.2, 0) is 20.8 Å². The molecule has 1 aromatic heterocycles. The van der Waals surface area contributed by atoms with E-state index in [1.54, 1.807) is 10.9 Å². The Morgan fingerprint density at radius 3 is 2.96 bits per heavy atom. The SMILES string of the molecule is O=C(Cn1cccn1)N1CCOC2(COCCN(CC3CC3)C2)C1. The van der Waals surface area contributed by atoms with E-state index >= 15 is 0 Å². The molecule has 1 atom stereocenters. The predicted octanol–water partition coefficient (Wildman–Crippen LogP) is 0.223. The molecule has 3 fully saturated rings. The minimum absolute atomic E-state index is 0.0966. The molecule has 24 heavy (non-hydrogen) atoms. The maximum atomic E-state index is 12.6. The number of carbonyl (C=O) groups excluding carboxylic acids is 1. The lowest BCUT2D eigenvalue weighted by atomic mass is 10.0. The zero-order valence-corrected chi connectivity index (χ0v) is 14.1. The van der Waals surface area contributed by atoms with E-state index in [4.69, 9.17) is 9.47 Å². The van der Waals surface area contributed by atoms with Gasteiger partial charge in [0, 0.05) is 38.6 Å². The Balaban J connectivity index is 1.40. The van der Waals surface area contributed by atoms with Crippen LogP contribution in [0.2, 0.25) is 0 Å². The molecule has 2 aliphatic heterocycles. The third-order valence-electron chi connectivity index (χ3n) is 5.10. The predicted molar refractivity (Wildman–Crippen MR) is 87.5 cm³/mol. The van der Waals surface area contributed by atoms with E-state index in [0.29, 0.717) is 26.3 Å². The zero-order chi connectivity index (χ0) is 16.4. The second kappa shape index (κ2) is 6.82. The molecule has 1 amide bonds. The van der Waals surface area contributed by atoms with Gasteiger partial charge in [0.05, 0.1) is 26.4 Å². The number of aromatic nitrogens is 2. The van der Waals surface area contributed by atoms with Gasteiger partial charge in [-0.2, -0.15) is 5.10 Å². The van der Waals surface area contributed by atoms with Gasteiger partial charge >= 0.3 is 0 Å². The van der Waals surface area contributed by atoms with Crippen LogP contribution in [-0.4, -0.2) is 83.6 Å². The molecule has 0 aromatic carbocycles. The Bertz CT molecular complexity index is 560. The molecule has 0 bridgehead atoms.